The van der Waals surface area contributed by atoms with E-state index < -0.39 is 14.5 Å². The molecule has 32 heavy (non-hydrogen) atoms. The lowest BCUT2D eigenvalue weighted by atomic mass is 9.97. The summed E-state index contributed by atoms with van der Waals surface area (Å²) < 4.78 is 0. The fraction of sp³-hybridized carbons (Fsp3) is 0.467. The summed E-state index contributed by atoms with van der Waals surface area (Å²) in [6.45, 7) is 27.1. The topological polar surface area (TPSA) is 0 Å². The molecule has 2 heteroatoms. The van der Waals surface area contributed by atoms with Crippen molar-refractivity contribution in [1.82, 2.24) is 0 Å². The third-order valence-electron chi connectivity index (χ3n) is 8.55. The average Bonchev–Trinajstić information content (AvgIpc) is 2.71. The molecule has 3 aromatic rings. The van der Waals surface area contributed by atoms with E-state index in [1.54, 1.807) is 21.4 Å². The first kappa shape index (κ1) is 23.9. The molecule has 0 atom stereocenters. The molecular weight excluding hydrogens is 422 g/mol. The third kappa shape index (κ3) is 2.82. The maximum absolute atomic E-state index is 4.62. The van der Waals surface area contributed by atoms with Gasteiger partial charge >= 0.3 is 0 Å². The minimum Gasteiger partial charge on any atom is -0.0953 e. The monoisotopic (exact) mass is 464 g/mol. The fourth-order valence-electron chi connectivity index (χ4n) is 7.59. The quantitative estimate of drug-likeness (QED) is 0.201. The molecule has 170 valence electrons. The summed E-state index contributed by atoms with van der Waals surface area (Å²) in [7, 11) is -3.27. The zero-order valence-electron chi connectivity index (χ0n) is 21.6. The van der Waals surface area contributed by atoms with Crippen molar-refractivity contribution in [3.63, 3.8) is 0 Å². The van der Waals surface area contributed by atoms with Gasteiger partial charge in [0.1, 0.15) is 10.6 Å². The van der Waals surface area contributed by atoms with Crippen molar-refractivity contribution in [3.05, 3.63) is 60.7 Å². The lowest BCUT2D eigenvalue weighted by molar-refractivity contribution is 0.953. The van der Waals surface area contributed by atoms with Crippen LogP contribution in [0.4, 0.5) is 0 Å². The summed E-state index contributed by atoms with van der Waals surface area (Å²) in [4.78, 5) is 0. The summed E-state index contributed by atoms with van der Waals surface area (Å²) in [5.74, 6) is 0. The Morgan fingerprint density at radius 1 is 0.688 bits per heavy atom. The van der Waals surface area contributed by atoms with E-state index in [0.29, 0.717) is 28.0 Å². The third-order valence-corrected chi connectivity index (χ3v) is 22.3. The van der Waals surface area contributed by atoms with Crippen LogP contribution < -0.4 is 10.6 Å². The molecule has 0 N–H and O–H groups in total. The normalized spacial score (nSPS) is 17.9. The SMILES string of the molecule is C=CC1[P+](C(C)C)(C(C)C)c2cccc3cc4cccc(c4c(C)c23)[P+]1(C(C)C)C(C)C. The molecule has 0 fully saturated rings. The van der Waals surface area contributed by atoms with Gasteiger partial charge in [-0.1, -0.05) is 30.8 Å². The predicted molar refractivity (Wildman–Crippen MR) is 154 cm³/mol. The molecule has 3 aromatic carbocycles. The first-order valence-electron chi connectivity index (χ1n) is 12.4. The lowest BCUT2D eigenvalue weighted by Crippen LogP contribution is -2.44. The van der Waals surface area contributed by atoms with Crippen molar-refractivity contribution in [2.24, 2.45) is 0 Å². The Labute approximate surface area is 197 Å². The van der Waals surface area contributed by atoms with Crippen molar-refractivity contribution in [2.75, 3.05) is 0 Å². The van der Waals surface area contributed by atoms with Gasteiger partial charge < -0.3 is 0 Å². The highest BCUT2D eigenvalue weighted by molar-refractivity contribution is 8.01. The van der Waals surface area contributed by atoms with Gasteiger partial charge in [-0.25, -0.2) is 0 Å². The van der Waals surface area contributed by atoms with Gasteiger partial charge in [0.2, 0.25) is 0 Å². The van der Waals surface area contributed by atoms with Crippen LogP contribution in [-0.2, 0) is 0 Å². The minimum atomic E-state index is -1.63. The maximum Gasteiger partial charge on any atom is 0.196 e. The van der Waals surface area contributed by atoms with Gasteiger partial charge in [0.15, 0.2) is 5.40 Å². The minimum absolute atomic E-state index is 0.546. The zero-order valence-corrected chi connectivity index (χ0v) is 23.4. The fourth-order valence-corrected chi connectivity index (χ4v) is 24.4. The Balaban J connectivity index is 2.43. The summed E-state index contributed by atoms with van der Waals surface area (Å²) in [6, 6.07) is 16.8. The van der Waals surface area contributed by atoms with Gasteiger partial charge in [0.25, 0.3) is 0 Å². The standard InChI is InChI=1S/C30H42P2/c1-11-28-31(19(2)3,20(4)5)26-16-12-14-24-18-25-15-13-17-27(30(25)23(10)29(24)26)32(28,21(6)7)22(8)9/h11-22,28H,1H2,2-10H3/q+2. The second-order valence-corrected chi connectivity index (χ2v) is 20.9. The largest absolute Gasteiger partial charge is 0.196 e. The highest BCUT2D eigenvalue weighted by Crippen LogP contribution is 2.86. The van der Waals surface area contributed by atoms with E-state index in [1.807, 2.05) is 0 Å². The highest BCUT2D eigenvalue weighted by Gasteiger charge is 2.68. The van der Waals surface area contributed by atoms with E-state index in [2.05, 4.69) is 117 Å². The van der Waals surface area contributed by atoms with Gasteiger partial charge in [0.05, 0.1) is 37.2 Å². The van der Waals surface area contributed by atoms with E-state index in [9.17, 15) is 0 Å². The van der Waals surface area contributed by atoms with Crippen molar-refractivity contribution in [1.29, 1.82) is 0 Å². The van der Waals surface area contributed by atoms with Crippen LogP contribution in [0.25, 0.3) is 21.5 Å². The average molecular weight is 465 g/mol. The zero-order chi connectivity index (χ0) is 23.6. The van der Waals surface area contributed by atoms with E-state index in [1.165, 1.54) is 16.3 Å². The number of hydrogen-bond acceptors (Lipinski definition) is 0. The number of aryl methyl sites for hydroxylation is 1. The van der Waals surface area contributed by atoms with Crippen LogP contribution in [0.1, 0.15) is 61.0 Å². The van der Waals surface area contributed by atoms with Crippen LogP contribution in [0.5, 0.6) is 0 Å². The Hall–Kier alpha value is -1.22. The summed E-state index contributed by atoms with van der Waals surface area (Å²) in [5.41, 5.74) is 3.99. The number of hydrogen-bond donors (Lipinski definition) is 0. The second-order valence-electron chi connectivity index (χ2n) is 10.9. The number of benzene rings is 3. The number of allylic oxidation sites excluding steroid dienone is 1. The van der Waals surface area contributed by atoms with Crippen molar-refractivity contribution in [3.8, 4) is 0 Å². The van der Waals surface area contributed by atoms with E-state index >= 15 is 0 Å². The molecule has 0 amide bonds. The molecule has 1 aliphatic rings. The predicted octanol–water partition coefficient (Wildman–Crippen LogP) is 8.75. The molecule has 1 aliphatic heterocycles. The Bertz CT molecular complexity index is 1080. The van der Waals surface area contributed by atoms with Gasteiger partial charge in [0, 0.05) is 10.8 Å². The van der Waals surface area contributed by atoms with E-state index in [4.69, 9.17) is 0 Å². The first-order valence-corrected chi connectivity index (χ1v) is 16.4. The summed E-state index contributed by atoms with van der Waals surface area (Å²) in [6.07, 6.45) is 2.44. The highest BCUT2D eigenvalue weighted by atomic mass is 31.2. The van der Waals surface area contributed by atoms with Crippen LogP contribution in [0.15, 0.2) is 55.1 Å². The van der Waals surface area contributed by atoms with Crippen molar-refractivity contribution >= 4 is 46.7 Å². The molecule has 0 saturated heterocycles. The van der Waals surface area contributed by atoms with Crippen LogP contribution >= 0.6 is 14.5 Å². The molecule has 0 aliphatic carbocycles. The van der Waals surface area contributed by atoms with Gasteiger partial charge in [-0.2, -0.15) is 0 Å². The molecule has 0 spiro atoms. The second kappa shape index (κ2) is 8.22. The van der Waals surface area contributed by atoms with E-state index in [-0.39, 0.29) is 0 Å². The van der Waals surface area contributed by atoms with Crippen LogP contribution in [-0.4, -0.2) is 28.0 Å². The molecule has 0 aromatic heterocycles. The van der Waals surface area contributed by atoms with Gasteiger partial charge in [-0.05, 0) is 103 Å². The molecule has 0 radical (unpaired) electrons. The molecular formula is C30H42P2+2. The smallest absolute Gasteiger partial charge is 0.0953 e. The van der Waals surface area contributed by atoms with E-state index in [0.717, 1.165) is 0 Å². The lowest BCUT2D eigenvalue weighted by Gasteiger charge is -2.49. The molecule has 0 nitrogen and oxygen atoms in total. The maximum atomic E-state index is 4.62. The van der Waals surface area contributed by atoms with Crippen molar-refractivity contribution < 1.29 is 0 Å². The van der Waals surface area contributed by atoms with Crippen LogP contribution in [0.2, 0.25) is 0 Å². The number of rotatable bonds is 5. The van der Waals surface area contributed by atoms with Crippen LogP contribution in [0, 0.1) is 6.92 Å². The Kier molecular flexibility index (Phi) is 6.14. The Morgan fingerprint density at radius 2 is 1.06 bits per heavy atom. The molecule has 0 unspecified atom stereocenters. The summed E-state index contributed by atoms with van der Waals surface area (Å²) in [5, 5.41) is 9.80. The first-order chi connectivity index (χ1) is 15.1. The van der Waals surface area contributed by atoms with Gasteiger partial charge in [-0.3, -0.25) is 0 Å². The Morgan fingerprint density at radius 3 is 1.38 bits per heavy atom. The van der Waals surface area contributed by atoms with Gasteiger partial charge in [-0.15, -0.1) is 0 Å². The molecule has 4 rings (SSSR count). The molecule has 0 saturated carbocycles. The molecule has 2 bridgehead atoms. The summed E-state index contributed by atoms with van der Waals surface area (Å²) >= 11 is 0. The van der Waals surface area contributed by atoms with Crippen LogP contribution in [0.3, 0.4) is 0 Å². The molecule has 1 heterocycles. The van der Waals surface area contributed by atoms with Crippen molar-refractivity contribution in [2.45, 2.75) is 90.3 Å².